The van der Waals surface area contributed by atoms with Gasteiger partial charge in [-0.1, -0.05) is 81.5 Å². The van der Waals surface area contributed by atoms with Crippen LogP contribution >= 0.6 is 0 Å². The number of benzene rings is 2. The molecule has 0 fully saturated rings. The van der Waals surface area contributed by atoms with E-state index in [0.717, 1.165) is 51.7 Å². The third-order valence-electron chi connectivity index (χ3n) is 7.56. The Kier molecular flexibility index (Phi) is 10.4. The first-order chi connectivity index (χ1) is 20.4. The summed E-state index contributed by atoms with van der Waals surface area (Å²) in [5, 5.41) is 3.55. The average molecular weight is 776 g/mol. The summed E-state index contributed by atoms with van der Waals surface area (Å²) in [7, 11) is -1.30. The molecule has 6 heteroatoms. The van der Waals surface area contributed by atoms with Crippen LogP contribution < -0.4 is 5.19 Å². The molecule has 0 N–H and O–H groups in total. The molecule has 4 nitrogen and oxygen atoms in total. The average Bonchev–Trinajstić information content (AvgIpc) is 3.37. The van der Waals surface area contributed by atoms with Gasteiger partial charge in [0, 0.05) is 44.1 Å². The van der Waals surface area contributed by atoms with E-state index in [1.165, 1.54) is 21.9 Å². The summed E-state index contributed by atoms with van der Waals surface area (Å²) in [6.07, 6.45) is 7.86. The standard InChI is InChI=1S/C22H21N2O.C16H20NSi.Ir/c1-14-13-24-19(11-15(14)12-22(2,3)4)18-8-5-7-16-17-9-6-10-23-21(17)25-20(16)18;1-5-13-11-15(14-9-7-6-8-10-14)17-12-16(13)18(2,3)4;/h5-7,9-11,13H,12H2,1-4H3;6-9,11-12H,5H2,1-4H3;/q2*-1;. The molecule has 0 saturated heterocycles. The van der Waals surface area contributed by atoms with Gasteiger partial charge in [-0.25, -0.2) is 4.98 Å². The van der Waals surface area contributed by atoms with E-state index < -0.39 is 8.07 Å². The Balaban J connectivity index is 0.000000207. The predicted octanol–water partition coefficient (Wildman–Crippen LogP) is 9.39. The number of rotatable bonds is 5. The maximum absolute atomic E-state index is 6.03. The third kappa shape index (κ3) is 7.61. The van der Waals surface area contributed by atoms with E-state index in [9.17, 15) is 0 Å². The van der Waals surface area contributed by atoms with Gasteiger partial charge in [0.1, 0.15) is 0 Å². The van der Waals surface area contributed by atoms with Crippen LogP contribution in [0.1, 0.15) is 44.4 Å². The Bertz CT molecular complexity index is 1870. The fourth-order valence-corrected chi connectivity index (χ4v) is 7.06. The minimum atomic E-state index is -1.30. The van der Waals surface area contributed by atoms with Gasteiger partial charge in [-0.2, -0.15) is 0 Å². The Morgan fingerprint density at radius 1 is 0.818 bits per heavy atom. The van der Waals surface area contributed by atoms with Crippen LogP contribution in [0, 0.1) is 24.5 Å². The minimum absolute atomic E-state index is 0. The Labute approximate surface area is 276 Å². The van der Waals surface area contributed by atoms with Crippen LogP contribution in [0.5, 0.6) is 0 Å². The summed E-state index contributed by atoms with van der Waals surface area (Å²) < 4.78 is 6.03. The van der Waals surface area contributed by atoms with Crippen LogP contribution in [0.2, 0.25) is 19.6 Å². The molecule has 0 unspecified atom stereocenters. The van der Waals surface area contributed by atoms with Gasteiger partial charge in [-0.3, -0.25) is 0 Å². The van der Waals surface area contributed by atoms with Crippen molar-refractivity contribution < 1.29 is 24.5 Å². The predicted molar refractivity (Wildman–Crippen MR) is 182 cm³/mol. The SMILES string of the molecule is CCc1cc(-c2[c-]cccc2)ncc1[Si](C)(C)C.Cc1cnc(-c2[c-]ccc3c2oc2ncccc23)cc1CC(C)(C)C.[Ir]. The molecule has 0 aliphatic carbocycles. The second-order valence-electron chi connectivity index (χ2n) is 13.4. The molecule has 0 bridgehead atoms. The van der Waals surface area contributed by atoms with Crippen molar-refractivity contribution in [2.45, 2.75) is 67.1 Å². The Morgan fingerprint density at radius 2 is 1.57 bits per heavy atom. The van der Waals surface area contributed by atoms with Crippen molar-refractivity contribution >= 4 is 35.3 Å². The number of aryl methyl sites for hydroxylation is 2. The van der Waals surface area contributed by atoms with Crippen LogP contribution in [0.25, 0.3) is 44.6 Å². The molecule has 229 valence electrons. The van der Waals surface area contributed by atoms with Gasteiger partial charge in [0.05, 0.1) is 13.7 Å². The molecule has 0 aliphatic heterocycles. The molecule has 0 aliphatic rings. The summed E-state index contributed by atoms with van der Waals surface area (Å²) in [6.45, 7) is 18.2. The van der Waals surface area contributed by atoms with Crippen LogP contribution in [-0.2, 0) is 32.9 Å². The van der Waals surface area contributed by atoms with Gasteiger partial charge in [-0.05, 0) is 59.5 Å². The van der Waals surface area contributed by atoms with Crippen molar-refractivity contribution in [3.63, 3.8) is 0 Å². The number of nitrogens with zero attached hydrogens (tertiary/aromatic N) is 3. The molecule has 6 aromatic rings. The van der Waals surface area contributed by atoms with Crippen LogP contribution in [-0.4, -0.2) is 23.0 Å². The summed E-state index contributed by atoms with van der Waals surface area (Å²) in [5.41, 5.74) is 9.56. The normalized spacial score (nSPS) is 11.6. The van der Waals surface area contributed by atoms with Crippen LogP contribution in [0.4, 0.5) is 0 Å². The number of pyridine rings is 3. The number of hydrogen-bond acceptors (Lipinski definition) is 4. The molecule has 0 atom stereocenters. The van der Waals surface area contributed by atoms with E-state index in [-0.39, 0.29) is 25.5 Å². The first kappa shape index (κ1) is 33.4. The van der Waals surface area contributed by atoms with Gasteiger partial charge in [0.2, 0.25) is 5.71 Å². The van der Waals surface area contributed by atoms with Gasteiger partial charge in [0.25, 0.3) is 0 Å². The molecule has 0 spiro atoms. The van der Waals surface area contributed by atoms with E-state index in [2.05, 4.69) is 106 Å². The van der Waals surface area contributed by atoms with Crippen molar-refractivity contribution in [2.75, 3.05) is 0 Å². The number of furan rings is 1. The van der Waals surface area contributed by atoms with Gasteiger partial charge >= 0.3 is 0 Å². The largest absolute Gasteiger partial charge is 0.486 e. The van der Waals surface area contributed by atoms with E-state index in [4.69, 9.17) is 4.42 Å². The van der Waals surface area contributed by atoms with E-state index in [1.54, 1.807) is 6.20 Å². The van der Waals surface area contributed by atoms with E-state index in [1.807, 2.05) is 48.7 Å². The second-order valence-corrected chi connectivity index (χ2v) is 18.4. The molecule has 0 amide bonds. The van der Waals surface area contributed by atoms with Gasteiger partial charge < -0.3 is 14.4 Å². The minimum Gasteiger partial charge on any atom is -0.486 e. The third-order valence-corrected chi connectivity index (χ3v) is 9.63. The fraction of sp³-hybridized carbons (Fsp3) is 0.289. The molecular formula is C38H41IrN3OSi-2. The molecule has 4 heterocycles. The quantitative estimate of drug-likeness (QED) is 0.129. The first-order valence-corrected chi connectivity index (χ1v) is 18.5. The molecular weight excluding hydrogens is 735 g/mol. The van der Waals surface area contributed by atoms with E-state index >= 15 is 0 Å². The van der Waals surface area contributed by atoms with Crippen molar-refractivity contribution in [1.29, 1.82) is 0 Å². The Morgan fingerprint density at radius 3 is 2.25 bits per heavy atom. The summed E-state index contributed by atoms with van der Waals surface area (Å²) >= 11 is 0. The summed E-state index contributed by atoms with van der Waals surface area (Å²) in [6, 6.07) is 26.9. The number of hydrogen-bond donors (Lipinski definition) is 0. The molecule has 0 saturated carbocycles. The smallest absolute Gasteiger partial charge is 0.216 e. The molecule has 2 aromatic carbocycles. The summed E-state index contributed by atoms with van der Waals surface area (Å²) in [5.74, 6) is 0. The molecule has 1 radical (unpaired) electrons. The zero-order valence-electron chi connectivity index (χ0n) is 27.0. The van der Waals surface area contributed by atoms with Gasteiger partial charge in [0.15, 0.2) is 0 Å². The van der Waals surface area contributed by atoms with Crippen LogP contribution in [0.15, 0.2) is 83.7 Å². The number of fused-ring (bicyclic) bond motifs is 3. The first-order valence-electron chi connectivity index (χ1n) is 15.0. The maximum atomic E-state index is 6.03. The second kappa shape index (κ2) is 13.7. The monoisotopic (exact) mass is 776 g/mol. The molecule has 6 rings (SSSR count). The fourth-order valence-electron chi connectivity index (χ4n) is 5.40. The Hall–Kier alpha value is -3.44. The molecule has 4 aromatic heterocycles. The van der Waals surface area contributed by atoms with Crippen molar-refractivity contribution in [2.24, 2.45) is 5.41 Å². The molecule has 44 heavy (non-hydrogen) atoms. The van der Waals surface area contributed by atoms with Crippen molar-refractivity contribution in [1.82, 2.24) is 15.0 Å². The van der Waals surface area contributed by atoms with Crippen LogP contribution in [0.3, 0.4) is 0 Å². The zero-order chi connectivity index (χ0) is 30.8. The van der Waals surface area contributed by atoms with E-state index in [0.29, 0.717) is 5.71 Å². The van der Waals surface area contributed by atoms with Crippen molar-refractivity contribution in [3.8, 4) is 22.5 Å². The summed E-state index contributed by atoms with van der Waals surface area (Å²) in [4.78, 5) is 13.6. The van der Waals surface area contributed by atoms with Crippen molar-refractivity contribution in [3.05, 3.63) is 108 Å². The van der Waals surface area contributed by atoms with Gasteiger partial charge in [-0.15, -0.1) is 54.1 Å². The maximum Gasteiger partial charge on any atom is 0.216 e. The number of aromatic nitrogens is 3. The topological polar surface area (TPSA) is 51.8 Å². The zero-order valence-corrected chi connectivity index (χ0v) is 30.4.